The second-order valence-electron chi connectivity index (χ2n) is 8.33. The first-order valence-corrected chi connectivity index (χ1v) is 12.2. The van der Waals surface area contributed by atoms with Gasteiger partial charge in [-0.15, -0.1) is 11.3 Å². The number of carbonyl (C=O) groups is 2. The Labute approximate surface area is 197 Å². The summed E-state index contributed by atoms with van der Waals surface area (Å²) in [6, 6.07) is 16.1. The van der Waals surface area contributed by atoms with Gasteiger partial charge in [-0.05, 0) is 43.0 Å². The number of halogens is 1. The normalized spacial score (nSPS) is 14.3. The fraction of sp³-hybridized carbons (Fsp3) is 0.346. The van der Waals surface area contributed by atoms with Crippen LogP contribution in [0.15, 0.2) is 60.0 Å². The highest BCUT2D eigenvalue weighted by Crippen LogP contribution is 2.31. The fourth-order valence-corrected chi connectivity index (χ4v) is 5.10. The van der Waals surface area contributed by atoms with Gasteiger partial charge in [-0.1, -0.05) is 42.5 Å². The van der Waals surface area contributed by atoms with Crippen molar-refractivity contribution in [1.29, 1.82) is 0 Å². The van der Waals surface area contributed by atoms with E-state index in [9.17, 15) is 14.0 Å². The topological polar surface area (TPSA) is 53.5 Å². The van der Waals surface area contributed by atoms with Gasteiger partial charge >= 0.3 is 0 Å². The Hall–Kier alpha value is -3.06. The van der Waals surface area contributed by atoms with Gasteiger partial charge in [0.15, 0.2) is 0 Å². The molecule has 5 nitrogen and oxygen atoms in total. The lowest BCUT2D eigenvalue weighted by molar-refractivity contribution is -0.131. The van der Waals surface area contributed by atoms with E-state index < -0.39 is 0 Å². The number of nitrogens with zero attached hydrogens (tertiary/aromatic N) is 3. The van der Waals surface area contributed by atoms with Crippen molar-refractivity contribution in [3.8, 4) is 0 Å². The largest absolute Gasteiger partial charge is 0.342 e. The van der Waals surface area contributed by atoms with Crippen LogP contribution >= 0.6 is 11.3 Å². The number of hydrogen-bond donors (Lipinski definition) is 0. The third-order valence-corrected chi connectivity index (χ3v) is 7.10. The van der Waals surface area contributed by atoms with E-state index in [1.54, 1.807) is 12.1 Å². The standard InChI is InChI=1S/C26H28FN3O2S/c1-2-29(17-20-6-4-3-5-7-20)26(32)23-18-33-25(28-23)21-12-14-30(15-13-21)24(31)16-19-8-10-22(27)11-9-19/h3-11,18,21H,2,12-17H2,1H3. The zero-order valence-corrected chi connectivity index (χ0v) is 19.6. The first-order chi connectivity index (χ1) is 16.0. The molecule has 0 atom stereocenters. The molecule has 0 bridgehead atoms. The Bertz CT molecular complexity index is 1080. The molecule has 172 valence electrons. The van der Waals surface area contributed by atoms with Crippen molar-refractivity contribution < 1.29 is 14.0 Å². The van der Waals surface area contributed by atoms with E-state index in [0.29, 0.717) is 31.9 Å². The first kappa shape index (κ1) is 23.1. The van der Waals surface area contributed by atoms with E-state index in [2.05, 4.69) is 4.98 Å². The van der Waals surface area contributed by atoms with Crippen LogP contribution in [0.4, 0.5) is 4.39 Å². The summed E-state index contributed by atoms with van der Waals surface area (Å²) < 4.78 is 13.1. The molecule has 1 fully saturated rings. The summed E-state index contributed by atoms with van der Waals surface area (Å²) in [4.78, 5) is 34.0. The quantitative estimate of drug-likeness (QED) is 0.499. The highest BCUT2D eigenvalue weighted by atomic mass is 32.1. The summed E-state index contributed by atoms with van der Waals surface area (Å²) in [7, 11) is 0. The number of likely N-dealkylation sites (tertiary alicyclic amines) is 1. The molecule has 1 aliphatic rings. The van der Waals surface area contributed by atoms with E-state index in [-0.39, 0.29) is 30.0 Å². The van der Waals surface area contributed by atoms with Gasteiger partial charge in [0.05, 0.1) is 11.4 Å². The zero-order valence-electron chi connectivity index (χ0n) is 18.7. The van der Waals surface area contributed by atoms with Crippen molar-refractivity contribution in [2.24, 2.45) is 0 Å². The van der Waals surface area contributed by atoms with Crippen molar-refractivity contribution in [2.75, 3.05) is 19.6 Å². The maximum absolute atomic E-state index is 13.1. The number of thiazole rings is 1. The number of carbonyl (C=O) groups excluding carboxylic acids is 2. The van der Waals surface area contributed by atoms with Crippen LogP contribution < -0.4 is 0 Å². The minimum atomic E-state index is -0.296. The molecule has 0 spiro atoms. The summed E-state index contributed by atoms with van der Waals surface area (Å²) in [5.41, 5.74) is 2.42. The maximum atomic E-state index is 13.1. The molecule has 1 aromatic heterocycles. The maximum Gasteiger partial charge on any atom is 0.273 e. The Morgan fingerprint density at radius 1 is 1.06 bits per heavy atom. The van der Waals surface area contributed by atoms with E-state index >= 15 is 0 Å². The molecule has 4 rings (SSSR count). The summed E-state index contributed by atoms with van der Waals surface area (Å²) >= 11 is 1.53. The van der Waals surface area contributed by atoms with Crippen molar-refractivity contribution in [2.45, 2.75) is 38.6 Å². The first-order valence-electron chi connectivity index (χ1n) is 11.3. The van der Waals surface area contributed by atoms with Crippen LogP contribution in [-0.2, 0) is 17.8 Å². The van der Waals surface area contributed by atoms with Gasteiger partial charge in [0, 0.05) is 37.5 Å². The predicted molar refractivity (Wildman–Crippen MR) is 128 cm³/mol. The van der Waals surface area contributed by atoms with Gasteiger partial charge in [-0.2, -0.15) is 0 Å². The lowest BCUT2D eigenvalue weighted by atomic mass is 9.97. The van der Waals surface area contributed by atoms with Gasteiger partial charge < -0.3 is 9.80 Å². The molecule has 0 unspecified atom stereocenters. The number of rotatable bonds is 7. The SMILES string of the molecule is CCN(Cc1ccccc1)C(=O)c1csc(C2CCN(C(=O)Cc3ccc(F)cc3)CC2)n1. The highest BCUT2D eigenvalue weighted by molar-refractivity contribution is 7.09. The fourth-order valence-electron chi connectivity index (χ4n) is 4.13. The van der Waals surface area contributed by atoms with Crippen LogP contribution in [-0.4, -0.2) is 46.2 Å². The number of piperidine rings is 1. The van der Waals surface area contributed by atoms with Crippen LogP contribution in [0.3, 0.4) is 0 Å². The summed E-state index contributed by atoms with van der Waals surface area (Å²) in [5.74, 6) is -0.0172. The van der Waals surface area contributed by atoms with Crippen molar-refractivity contribution >= 4 is 23.2 Å². The molecule has 0 saturated carbocycles. The summed E-state index contributed by atoms with van der Waals surface area (Å²) in [5, 5.41) is 2.83. The van der Waals surface area contributed by atoms with Crippen molar-refractivity contribution in [1.82, 2.24) is 14.8 Å². The molecular formula is C26H28FN3O2S. The van der Waals surface area contributed by atoms with E-state index in [1.165, 1.54) is 23.5 Å². The van der Waals surface area contributed by atoms with Crippen LogP contribution in [0, 0.1) is 5.82 Å². The number of hydrogen-bond acceptors (Lipinski definition) is 4. The average Bonchev–Trinajstić information content (AvgIpc) is 3.35. The Morgan fingerprint density at radius 2 is 1.76 bits per heavy atom. The third kappa shape index (κ3) is 5.85. The van der Waals surface area contributed by atoms with Gasteiger partial charge in [-0.25, -0.2) is 9.37 Å². The second-order valence-corrected chi connectivity index (χ2v) is 9.22. The summed E-state index contributed by atoms with van der Waals surface area (Å²) in [6.45, 7) is 4.50. The molecule has 0 N–H and O–H groups in total. The lowest BCUT2D eigenvalue weighted by Crippen LogP contribution is -2.38. The van der Waals surface area contributed by atoms with Gasteiger partial charge in [-0.3, -0.25) is 9.59 Å². The number of aromatic nitrogens is 1. The van der Waals surface area contributed by atoms with Gasteiger partial charge in [0.25, 0.3) is 5.91 Å². The molecule has 0 radical (unpaired) electrons. The van der Waals surface area contributed by atoms with Crippen LogP contribution in [0.1, 0.15) is 52.3 Å². The van der Waals surface area contributed by atoms with E-state index in [1.807, 2.05) is 52.4 Å². The molecule has 1 aliphatic heterocycles. The van der Waals surface area contributed by atoms with Crippen LogP contribution in [0.2, 0.25) is 0 Å². The van der Waals surface area contributed by atoms with Crippen LogP contribution in [0.25, 0.3) is 0 Å². The Morgan fingerprint density at radius 3 is 2.42 bits per heavy atom. The molecule has 3 aromatic rings. The minimum absolute atomic E-state index is 0.0456. The second kappa shape index (κ2) is 10.7. The predicted octanol–water partition coefficient (Wildman–Crippen LogP) is 4.89. The Kier molecular flexibility index (Phi) is 7.50. The average molecular weight is 466 g/mol. The molecule has 1 saturated heterocycles. The highest BCUT2D eigenvalue weighted by Gasteiger charge is 2.27. The molecule has 0 aliphatic carbocycles. The molecule has 33 heavy (non-hydrogen) atoms. The minimum Gasteiger partial charge on any atom is -0.342 e. The molecule has 2 heterocycles. The Balaban J connectivity index is 1.32. The van der Waals surface area contributed by atoms with E-state index in [0.717, 1.165) is 29.0 Å². The van der Waals surface area contributed by atoms with Crippen molar-refractivity contribution in [3.63, 3.8) is 0 Å². The number of amides is 2. The molecule has 7 heteroatoms. The number of benzene rings is 2. The zero-order chi connectivity index (χ0) is 23.2. The van der Waals surface area contributed by atoms with Crippen molar-refractivity contribution in [3.05, 3.63) is 87.6 Å². The smallest absolute Gasteiger partial charge is 0.273 e. The third-order valence-electron chi connectivity index (χ3n) is 6.09. The monoisotopic (exact) mass is 465 g/mol. The van der Waals surface area contributed by atoms with Crippen LogP contribution in [0.5, 0.6) is 0 Å². The van der Waals surface area contributed by atoms with Gasteiger partial charge in [0.1, 0.15) is 11.5 Å². The van der Waals surface area contributed by atoms with Gasteiger partial charge in [0.2, 0.25) is 5.91 Å². The molecular weight excluding hydrogens is 437 g/mol. The lowest BCUT2D eigenvalue weighted by Gasteiger charge is -2.31. The molecule has 2 aromatic carbocycles. The van der Waals surface area contributed by atoms with E-state index in [4.69, 9.17) is 0 Å². The summed E-state index contributed by atoms with van der Waals surface area (Å²) in [6.07, 6.45) is 1.95. The molecule has 2 amide bonds.